The van der Waals surface area contributed by atoms with Crippen LogP contribution in [0.2, 0.25) is 0 Å². The average molecular weight is 107 g/mol. The molecule has 0 aliphatic carbocycles. The van der Waals surface area contributed by atoms with E-state index in [1.165, 1.54) is 0 Å². The van der Waals surface area contributed by atoms with Gasteiger partial charge in [-0.05, 0) is 5.41 Å². The molecule has 0 amide bonds. The summed E-state index contributed by atoms with van der Waals surface area (Å²) in [6.45, 7) is 8.75. The fraction of sp³-hybridized carbons (Fsp3) is 1.00. The summed E-state index contributed by atoms with van der Waals surface area (Å²) in [6.07, 6.45) is 0. The molecule has 0 saturated heterocycles. The highest BCUT2D eigenvalue weighted by molar-refractivity contribution is 4.47. The maximum absolute atomic E-state index is 6.50. The molecule has 0 fully saturated rings. The summed E-state index contributed by atoms with van der Waals surface area (Å²) in [7, 11) is 0. The summed E-state index contributed by atoms with van der Waals surface area (Å²) < 4.78 is 0. The van der Waals surface area contributed by atoms with Gasteiger partial charge in [0.05, 0.1) is 0 Å². The molecule has 3 N–H and O–H groups in total. The molecule has 0 aliphatic rings. The van der Waals surface area contributed by atoms with Gasteiger partial charge in [0.1, 0.15) is 0 Å². The summed E-state index contributed by atoms with van der Waals surface area (Å²) in [5, 5.41) is 6.50. The van der Waals surface area contributed by atoms with Gasteiger partial charge < -0.3 is 5.21 Å². The smallest absolute Gasteiger partial charge is 0 e. The zero-order valence-corrected chi connectivity index (χ0v) is 5.52. The molecule has 7 heavy (non-hydrogen) atoms. The van der Waals surface area contributed by atoms with Gasteiger partial charge in [-0.25, -0.2) is 5.90 Å². The molecule has 0 rings (SSSR count). The first kappa shape index (κ1) is 10.0. The monoisotopic (exact) mass is 107 g/mol. The quantitative estimate of drug-likeness (QED) is 0.462. The lowest BCUT2D eigenvalue weighted by molar-refractivity contribution is 0.311. The Balaban J connectivity index is -0.0000000750. The first-order valence-electron chi connectivity index (χ1n) is 2.26. The fourth-order valence-electron chi connectivity index (χ4n) is 0. The Hall–Kier alpha value is -0.0800. The average Bonchev–Trinajstić information content (AvgIpc) is 1.36. The lowest BCUT2D eigenvalue weighted by Crippen LogP contribution is -1.93. The van der Waals surface area contributed by atoms with E-state index in [2.05, 4.69) is 33.6 Å². The molecule has 0 unspecified atom stereocenters. The molecule has 0 aromatic carbocycles. The van der Waals surface area contributed by atoms with E-state index in [0.717, 1.165) is 0 Å². The predicted molar refractivity (Wildman–Crippen MR) is 33.2 cm³/mol. The van der Waals surface area contributed by atoms with Gasteiger partial charge in [-0.1, -0.05) is 27.7 Å². The van der Waals surface area contributed by atoms with E-state index in [1.54, 1.807) is 0 Å². The second-order valence-electron chi connectivity index (χ2n) is 3.00. The van der Waals surface area contributed by atoms with E-state index < -0.39 is 0 Å². The van der Waals surface area contributed by atoms with Gasteiger partial charge in [-0.2, -0.15) is 0 Å². The lowest BCUT2D eigenvalue weighted by atomic mass is 10.0. The van der Waals surface area contributed by atoms with Gasteiger partial charge in [0.25, 0.3) is 0 Å². The first-order chi connectivity index (χ1) is 3.00. The third kappa shape index (κ3) is 14200. The number of nitrogens with two attached hydrogens (primary N) is 1. The second-order valence-corrected chi connectivity index (χ2v) is 3.00. The molecule has 48 valence electrons. The Morgan fingerprint density at radius 2 is 1.14 bits per heavy atom. The van der Waals surface area contributed by atoms with Gasteiger partial charge in [0.15, 0.2) is 0 Å². The molecule has 0 bridgehead atoms. The van der Waals surface area contributed by atoms with Crippen LogP contribution < -0.4 is 5.90 Å². The normalized spacial score (nSPS) is 9.43. The van der Waals surface area contributed by atoms with Crippen molar-refractivity contribution in [3.8, 4) is 0 Å². The summed E-state index contributed by atoms with van der Waals surface area (Å²) >= 11 is 0. The SMILES string of the molecule is CC(C)(C)C.NO.[HH]. The summed E-state index contributed by atoms with van der Waals surface area (Å²) in [5.41, 5.74) is 0.500. The van der Waals surface area contributed by atoms with E-state index >= 15 is 0 Å². The van der Waals surface area contributed by atoms with Gasteiger partial charge in [0.2, 0.25) is 0 Å². The molecule has 0 atom stereocenters. The molecule has 0 aliphatic heterocycles. The zero-order chi connectivity index (χ0) is 6.50. The molecule has 0 aromatic heterocycles. The highest BCUT2D eigenvalue weighted by Gasteiger charge is 1.95. The van der Waals surface area contributed by atoms with Crippen LogP contribution in [0.3, 0.4) is 0 Å². The highest BCUT2D eigenvalue weighted by Crippen LogP contribution is 2.07. The molecular weight excluding hydrogens is 90.1 g/mol. The molecule has 0 radical (unpaired) electrons. The highest BCUT2D eigenvalue weighted by atomic mass is 16.4. The molecule has 0 saturated carbocycles. The molecule has 2 nitrogen and oxygen atoms in total. The molecular formula is C5H17NO. The maximum Gasteiger partial charge on any atom is 0 e. The first-order valence-corrected chi connectivity index (χ1v) is 2.26. The lowest BCUT2D eigenvalue weighted by Gasteiger charge is -2.05. The van der Waals surface area contributed by atoms with E-state index in [1.807, 2.05) is 0 Å². The van der Waals surface area contributed by atoms with Crippen molar-refractivity contribution in [1.29, 1.82) is 0 Å². The van der Waals surface area contributed by atoms with Crippen molar-refractivity contribution in [3.63, 3.8) is 0 Å². The largest absolute Gasteiger partial charge is 0.320 e. The van der Waals surface area contributed by atoms with Crippen molar-refractivity contribution < 1.29 is 6.63 Å². The van der Waals surface area contributed by atoms with Crippen LogP contribution in [0.4, 0.5) is 0 Å². The van der Waals surface area contributed by atoms with Crippen LogP contribution >= 0.6 is 0 Å². The van der Waals surface area contributed by atoms with E-state index in [9.17, 15) is 0 Å². The predicted octanol–water partition coefficient (Wildman–Crippen LogP) is 1.63. The van der Waals surface area contributed by atoms with Crippen LogP contribution in [-0.4, -0.2) is 5.21 Å². The minimum atomic E-state index is 0. The van der Waals surface area contributed by atoms with Gasteiger partial charge >= 0.3 is 0 Å². The third-order valence-corrected chi connectivity index (χ3v) is 0. The van der Waals surface area contributed by atoms with Crippen LogP contribution in [0.5, 0.6) is 0 Å². The van der Waals surface area contributed by atoms with E-state index in [-0.39, 0.29) is 1.43 Å². The Morgan fingerprint density at radius 3 is 1.14 bits per heavy atom. The van der Waals surface area contributed by atoms with Crippen LogP contribution in [0, 0.1) is 5.41 Å². The minimum Gasteiger partial charge on any atom is -0.320 e. The van der Waals surface area contributed by atoms with Gasteiger partial charge in [-0.15, -0.1) is 0 Å². The van der Waals surface area contributed by atoms with Crippen LogP contribution in [0.25, 0.3) is 0 Å². The van der Waals surface area contributed by atoms with Crippen molar-refractivity contribution in [1.82, 2.24) is 0 Å². The van der Waals surface area contributed by atoms with Crippen LogP contribution in [0.15, 0.2) is 0 Å². The maximum atomic E-state index is 6.50. The molecule has 0 aromatic rings. The Bertz CT molecular complexity index is 27.9. The molecule has 0 spiro atoms. The van der Waals surface area contributed by atoms with Crippen molar-refractivity contribution >= 4 is 0 Å². The van der Waals surface area contributed by atoms with Crippen LogP contribution in [0.1, 0.15) is 29.1 Å². The van der Waals surface area contributed by atoms with Crippen LogP contribution in [-0.2, 0) is 0 Å². The fourth-order valence-corrected chi connectivity index (χ4v) is 0. The Labute approximate surface area is 46.8 Å². The molecule has 2 heteroatoms. The number of rotatable bonds is 0. The Morgan fingerprint density at radius 1 is 1.14 bits per heavy atom. The van der Waals surface area contributed by atoms with Gasteiger partial charge in [0, 0.05) is 1.43 Å². The third-order valence-electron chi connectivity index (χ3n) is 0. The number of hydrogen-bond acceptors (Lipinski definition) is 2. The van der Waals surface area contributed by atoms with Crippen molar-refractivity contribution in [3.05, 3.63) is 0 Å². The van der Waals surface area contributed by atoms with Crippen molar-refractivity contribution in [2.75, 3.05) is 0 Å². The Kier molecular flexibility index (Phi) is 5.85. The van der Waals surface area contributed by atoms with E-state index in [4.69, 9.17) is 5.21 Å². The van der Waals surface area contributed by atoms with Crippen molar-refractivity contribution in [2.24, 2.45) is 11.3 Å². The zero-order valence-electron chi connectivity index (χ0n) is 5.52. The van der Waals surface area contributed by atoms with Crippen molar-refractivity contribution in [2.45, 2.75) is 27.7 Å². The number of hydrogen-bond donors (Lipinski definition) is 2. The summed E-state index contributed by atoms with van der Waals surface area (Å²) in [5.74, 6) is 3.50. The minimum absolute atomic E-state index is 0. The van der Waals surface area contributed by atoms with Gasteiger partial charge in [-0.3, -0.25) is 0 Å². The standard InChI is InChI=1S/C5H12.H3NO.H2/c1-5(2,3)4;1-2;/h1-4H3;2H,1H2;1H. The molecule has 0 heterocycles. The summed E-state index contributed by atoms with van der Waals surface area (Å²) in [4.78, 5) is 0. The van der Waals surface area contributed by atoms with E-state index in [0.29, 0.717) is 5.41 Å². The second kappa shape index (κ2) is 4.09. The topological polar surface area (TPSA) is 46.2 Å². The summed E-state index contributed by atoms with van der Waals surface area (Å²) in [6, 6.07) is 0.